The highest BCUT2D eigenvalue weighted by Gasteiger charge is 2.25. The van der Waals surface area contributed by atoms with Gasteiger partial charge in [0.2, 0.25) is 0 Å². The number of hydrogen-bond acceptors (Lipinski definition) is 5. The van der Waals surface area contributed by atoms with Crippen molar-refractivity contribution in [3.63, 3.8) is 0 Å². The normalized spacial score (nSPS) is 20.6. The Morgan fingerprint density at radius 2 is 1.81 bits per heavy atom. The van der Waals surface area contributed by atoms with Crippen LogP contribution in [0.2, 0.25) is 0 Å². The van der Waals surface area contributed by atoms with Gasteiger partial charge in [-0.1, -0.05) is 30.4 Å². The van der Waals surface area contributed by atoms with E-state index in [2.05, 4.69) is 20.1 Å². The lowest BCUT2D eigenvalue weighted by Gasteiger charge is -2.36. The van der Waals surface area contributed by atoms with E-state index in [1.807, 2.05) is 54.6 Å². The van der Waals surface area contributed by atoms with E-state index in [0.29, 0.717) is 17.0 Å². The minimum Gasteiger partial charge on any atom is -0.369 e. The summed E-state index contributed by atoms with van der Waals surface area (Å²) < 4.78 is 13.1. The number of amides is 2. The highest BCUT2D eigenvalue weighted by atomic mass is 32.2. The van der Waals surface area contributed by atoms with E-state index in [-0.39, 0.29) is 22.9 Å². The van der Waals surface area contributed by atoms with Crippen molar-refractivity contribution in [2.75, 3.05) is 44.2 Å². The first-order valence-electron chi connectivity index (χ1n) is 12.5. The minimum absolute atomic E-state index is 0.0673. The molecule has 6 nitrogen and oxygen atoms in total. The quantitative estimate of drug-likeness (QED) is 0.439. The number of aliphatic imine (C=N–C) groups is 1. The van der Waals surface area contributed by atoms with Crippen LogP contribution in [0.1, 0.15) is 22.3 Å². The van der Waals surface area contributed by atoms with E-state index in [4.69, 9.17) is 0 Å². The molecule has 1 unspecified atom stereocenters. The van der Waals surface area contributed by atoms with Crippen molar-refractivity contribution in [1.29, 1.82) is 0 Å². The van der Waals surface area contributed by atoms with E-state index >= 15 is 0 Å². The fraction of sp³-hybridized carbons (Fsp3) is 0.276. The molecule has 1 N–H and O–H groups in total. The molecule has 8 heteroatoms. The maximum absolute atomic E-state index is 13.1. The molecule has 2 aromatic rings. The van der Waals surface area contributed by atoms with Gasteiger partial charge in [-0.05, 0) is 67.1 Å². The summed E-state index contributed by atoms with van der Waals surface area (Å²) in [6, 6.07) is 13.9. The molecule has 1 aliphatic carbocycles. The van der Waals surface area contributed by atoms with E-state index < -0.39 is 0 Å². The lowest BCUT2D eigenvalue weighted by atomic mass is 10.1. The predicted octanol–water partition coefficient (Wildman–Crippen LogP) is 4.32. The number of halogens is 1. The standard InChI is InChI=1S/C29H29FN4O2S/c30-23-10-12-24(13-11-23)34-18-16-33(17-19-34)15-3-14-31-28(35)22-8-6-21(7-9-22)20-27-29(36)32-25-4-1-2-5-26(25)37-27/h1-2,4-13,20,26H,3,14-19H2,(H,31,35)/b27-20+. The number of rotatable bonds is 7. The fourth-order valence-electron chi connectivity index (χ4n) is 4.54. The van der Waals surface area contributed by atoms with E-state index in [9.17, 15) is 14.0 Å². The Morgan fingerprint density at radius 3 is 2.57 bits per heavy atom. The highest BCUT2D eigenvalue weighted by molar-refractivity contribution is 8.05. The second-order valence-electron chi connectivity index (χ2n) is 9.17. The first-order valence-corrected chi connectivity index (χ1v) is 13.4. The van der Waals surface area contributed by atoms with E-state index in [1.165, 1.54) is 23.9 Å². The zero-order chi connectivity index (χ0) is 25.6. The minimum atomic E-state index is -0.227. The molecular weight excluding hydrogens is 487 g/mol. The van der Waals surface area contributed by atoms with Gasteiger partial charge in [-0.15, -0.1) is 11.8 Å². The number of allylic oxidation sites excluding steroid dienone is 3. The van der Waals surface area contributed by atoms with Gasteiger partial charge in [-0.3, -0.25) is 14.5 Å². The molecule has 190 valence electrons. The number of carbonyl (C=O) groups is 2. The molecule has 0 spiro atoms. The summed E-state index contributed by atoms with van der Waals surface area (Å²) in [7, 11) is 0. The van der Waals surface area contributed by atoms with Crippen LogP contribution < -0.4 is 10.2 Å². The van der Waals surface area contributed by atoms with Crippen LogP contribution in [0, 0.1) is 5.82 Å². The van der Waals surface area contributed by atoms with Crippen molar-refractivity contribution in [1.82, 2.24) is 10.2 Å². The molecule has 0 radical (unpaired) electrons. The van der Waals surface area contributed by atoms with Gasteiger partial charge in [0.05, 0.1) is 15.9 Å². The molecule has 1 atom stereocenters. The molecule has 2 aliphatic heterocycles. The molecular formula is C29H29FN4O2S. The Kier molecular flexibility index (Phi) is 7.96. The summed E-state index contributed by atoms with van der Waals surface area (Å²) in [5.41, 5.74) is 3.30. The number of carbonyl (C=O) groups excluding carboxylic acids is 2. The molecule has 1 saturated heterocycles. The molecule has 2 amide bonds. The number of anilines is 1. The van der Waals surface area contributed by atoms with Crippen molar-refractivity contribution in [3.8, 4) is 0 Å². The number of piperazine rings is 1. The smallest absolute Gasteiger partial charge is 0.283 e. The number of benzene rings is 2. The van der Waals surface area contributed by atoms with Crippen LogP contribution in [0.3, 0.4) is 0 Å². The maximum Gasteiger partial charge on any atom is 0.283 e. The Hall–Kier alpha value is -3.49. The summed E-state index contributed by atoms with van der Waals surface area (Å²) in [6.45, 7) is 5.25. The molecule has 1 fully saturated rings. The zero-order valence-electron chi connectivity index (χ0n) is 20.5. The van der Waals surface area contributed by atoms with Gasteiger partial charge in [0, 0.05) is 44.0 Å². The highest BCUT2D eigenvalue weighted by Crippen LogP contribution is 2.32. The van der Waals surface area contributed by atoms with E-state index in [1.54, 1.807) is 12.1 Å². The molecule has 2 heterocycles. The number of nitrogens with one attached hydrogen (secondary N) is 1. The molecule has 37 heavy (non-hydrogen) atoms. The molecule has 0 saturated carbocycles. The molecule has 0 bridgehead atoms. The van der Waals surface area contributed by atoms with Gasteiger partial charge in [-0.25, -0.2) is 9.38 Å². The van der Waals surface area contributed by atoms with Gasteiger partial charge >= 0.3 is 0 Å². The molecule has 5 rings (SSSR count). The second-order valence-corrected chi connectivity index (χ2v) is 10.4. The van der Waals surface area contributed by atoms with Crippen LogP contribution in [0.25, 0.3) is 6.08 Å². The lowest BCUT2D eigenvalue weighted by Crippen LogP contribution is -2.47. The van der Waals surface area contributed by atoms with Crippen molar-refractivity contribution >= 4 is 41.1 Å². The Balaban J connectivity index is 1.05. The monoisotopic (exact) mass is 516 g/mol. The summed E-state index contributed by atoms with van der Waals surface area (Å²) >= 11 is 1.50. The van der Waals surface area contributed by atoms with Crippen LogP contribution in [0.15, 0.2) is 82.7 Å². The van der Waals surface area contributed by atoms with Crippen molar-refractivity contribution in [2.24, 2.45) is 4.99 Å². The van der Waals surface area contributed by atoms with Gasteiger partial charge < -0.3 is 10.2 Å². The molecule has 0 aromatic heterocycles. The van der Waals surface area contributed by atoms with Gasteiger partial charge in [0.25, 0.3) is 11.8 Å². The average Bonchev–Trinajstić information content (AvgIpc) is 2.93. The Labute approximate surface area is 220 Å². The number of fused-ring (bicyclic) bond motifs is 1. The molecule has 2 aromatic carbocycles. The Bertz CT molecular complexity index is 1260. The Morgan fingerprint density at radius 1 is 1.05 bits per heavy atom. The second kappa shape index (κ2) is 11.7. The third kappa shape index (κ3) is 6.45. The third-order valence-electron chi connectivity index (χ3n) is 6.62. The zero-order valence-corrected chi connectivity index (χ0v) is 21.3. The van der Waals surface area contributed by atoms with Gasteiger partial charge in [0.1, 0.15) is 5.82 Å². The van der Waals surface area contributed by atoms with Crippen LogP contribution in [0.4, 0.5) is 10.1 Å². The number of thioether (sulfide) groups is 1. The van der Waals surface area contributed by atoms with Crippen LogP contribution in [-0.2, 0) is 4.79 Å². The fourth-order valence-corrected chi connectivity index (χ4v) is 5.58. The van der Waals surface area contributed by atoms with Crippen LogP contribution in [-0.4, -0.2) is 66.9 Å². The first kappa shape index (κ1) is 25.2. The number of hydrogen-bond donors (Lipinski definition) is 1. The third-order valence-corrected chi connectivity index (χ3v) is 7.82. The topological polar surface area (TPSA) is 65.0 Å². The van der Waals surface area contributed by atoms with Gasteiger partial charge in [-0.2, -0.15) is 0 Å². The van der Waals surface area contributed by atoms with Crippen molar-refractivity contribution in [2.45, 2.75) is 11.7 Å². The van der Waals surface area contributed by atoms with E-state index in [0.717, 1.165) is 56.1 Å². The number of nitrogens with zero attached hydrogens (tertiary/aromatic N) is 3. The summed E-state index contributed by atoms with van der Waals surface area (Å²) in [6.07, 6.45) is 10.5. The van der Waals surface area contributed by atoms with Crippen molar-refractivity contribution < 1.29 is 14.0 Å². The van der Waals surface area contributed by atoms with Crippen LogP contribution in [0.5, 0.6) is 0 Å². The maximum atomic E-state index is 13.1. The SMILES string of the molecule is O=C1N=C2C=CC=CC2S/C1=C/c1ccc(C(=O)NCCCN2CCN(c3ccc(F)cc3)CC2)cc1. The first-order chi connectivity index (χ1) is 18.0. The molecule has 3 aliphatic rings. The summed E-state index contributed by atoms with van der Waals surface area (Å²) in [5.74, 6) is -0.539. The summed E-state index contributed by atoms with van der Waals surface area (Å²) in [5, 5.41) is 3.07. The largest absolute Gasteiger partial charge is 0.369 e. The van der Waals surface area contributed by atoms with Crippen LogP contribution >= 0.6 is 11.8 Å². The predicted molar refractivity (Wildman–Crippen MR) is 149 cm³/mol. The average molecular weight is 517 g/mol. The van der Waals surface area contributed by atoms with Gasteiger partial charge in [0.15, 0.2) is 0 Å². The lowest BCUT2D eigenvalue weighted by molar-refractivity contribution is -0.113. The van der Waals surface area contributed by atoms with Crippen molar-refractivity contribution in [3.05, 3.63) is 94.7 Å². The summed E-state index contributed by atoms with van der Waals surface area (Å²) in [4.78, 5) is 34.4.